The van der Waals surface area contributed by atoms with Gasteiger partial charge in [0, 0.05) is 41.1 Å². The van der Waals surface area contributed by atoms with Gasteiger partial charge in [-0.2, -0.15) is 4.98 Å². The maximum atomic E-state index is 9.28. The van der Waals surface area contributed by atoms with E-state index in [-0.39, 0.29) is 12.6 Å². The maximum Gasteiger partial charge on any atom is 0.225 e. The molecule has 7 heteroatoms. The van der Waals surface area contributed by atoms with Crippen molar-refractivity contribution >= 4 is 27.7 Å². The minimum Gasteiger partial charge on any atom is -0.394 e. The van der Waals surface area contributed by atoms with Gasteiger partial charge in [-0.15, -0.1) is 0 Å². The molecule has 0 aliphatic carbocycles. The summed E-state index contributed by atoms with van der Waals surface area (Å²) in [5, 5.41) is 15.7. The Kier molecular flexibility index (Phi) is 6.14. The van der Waals surface area contributed by atoms with Crippen LogP contribution >= 0.6 is 15.9 Å². The molecule has 0 bridgehead atoms. The number of nitrogens with one attached hydrogen (secondary N) is 2. The zero-order valence-corrected chi connectivity index (χ0v) is 15.9. The third-order valence-electron chi connectivity index (χ3n) is 3.72. The molecule has 3 rings (SSSR count). The lowest BCUT2D eigenvalue weighted by molar-refractivity contribution is 0.281. The molecule has 0 saturated carbocycles. The molecule has 1 aromatic carbocycles. The molecule has 2 heterocycles. The van der Waals surface area contributed by atoms with E-state index in [0.717, 1.165) is 21.3 Å². The van der Waals surface area contributed by atoms with Crippen molar-refractivity contribution in [3.8, 4) is 11.3 Å². The van der Waals surface area contributed by atoms with E-state index in [1.165, 1.54) is 0 Å². The van der Waals surface area contributed by atoms with E-state index in [0.29, 0.717) is 18.3 Å². The van der Waals surface area contributed by atoms with Crippen LogP contribution in [-0.2, 0) is 6.54 Å². The van der Waals surface area contributed by atoms with Gasteiger partial charge in [0.1, 0.15) is 5.82 Å². The predicted molar refractivity (Wildman–Crippen MR) is 107 cm³/mol. The Morgan fingerprint density at radius 2 is 1.96 bits per heavy atom. The lowest BCUT2D eigenvalue weighted by Crippen LogP contribution is -2.21. The summed E-state index contributed by atoms with van der Waals surface area (Å²) in [5.74, 6) is 1.17. The van der Waals surface area contributed by atoms with Crippen LogP contribution < -0.4 is 10.6 Å². The minimum absolute atomic E-state index is 0.00212. The normalized spacial score (nSPS) is 11.8. The Labute approximate surface area is 160 Å². The molecule has 0 aliphatic rings. The average molecular weight is 414 g/mol. The third-order valence-corrected chi connectivity index (χ3v) is 4.25. The topological polar surface area (TPSA) is 83.0 Å². The number of hydrogen-bond acceptors (Lipinski definition) is 6. The number of halogens is 1. The summed E-state index contributed by atoms with van der Waals surface area (Å²) in [6.45, 7) is 2.52. The van der Waals surface area contributed by atoms with Crippen LogP contribution in [0, 0.1) is 0 Å². The van der Waals surface area contributed by atoms with E-state index in [4.69, 9.17) is 0 Å². The summed E-state index contributed by atoms with van der Waals surface area (Å²) < 4.78 is 1.05. The highest BCUT2D eigenvalue weighted by Crippen LogP contribution is 2.21. The van der Waals surface area contributed by atoms with Crippen LogP contribution in [0.5, 0.6) is 0 Å². The van der Waals surface area contributed by atoms with E-state index in [1.54, 1.807) is 12.4 Å². The molecule has 26 heavy (non-hydrogen) atoms. The number of hydrogen-bond donors (Lipinski definition) is 3. The van der Waals surface area contributed by atoms with Crippen LogP contribution in [0.1, 0.15) is 12.5 Å². The molecule has 3 N–H and O–H groups in total. The fourth-order valence-corrected chi connectivity index (χ4v) is 2.59. The van der Waals surface area contributed by atoms with Crippen LogP contribution in [-0.4, -0.2) is 32.7 Å². The van der Waals surface area contributed by atoms with Crippen LogP contribution in [0.15, 0.2) is 59.3 Å². The number of pyridine rings is 1. The van der Waals surface area contributed by atoms with Gasteiger partial charge in [0.2, 0.25) is 5.95 Å². The molecule has 3 aromatic rings. The Hall–Kier alpha value is -2.51. The Bertz CT molecular complexity index is 842. The van der Waals surface area contributed by atoms with Gasteiger partial charge in [-0.3, -0.25) is 4.98 Å². The smallest absolute Gasteiger partial charge is 0.225 e. The van der Waals surface area contributed by atoms with Crippen molar-refractivity contribution in [3.63, 3.8) is 0 Å². The number of rotatable bonds is 7. The molecule has 0 aliphatic heterocycles. The second-order valence-electron chi connectivity index (χ2n) is 5.91. The monoisotopic (exact) mass is 413 g/mol. The number of aliphatic hydroxyl groups is 1. The lowest BCUT2D eigenvalue weighted by Gasteiger charge is -2.14. The molecule has 134 valence electrons. The van der Waals surface area contributed by atoms with Gasteiger partial charge in [-0.25, -0.2) is 4.98 Å². The number of aliphatic hydroxyl groups excluding tert-OH is 1. The summed E-state index contributed by atoms with van der Waals surface area (Å²) in [5.41, 5.74) is 2.81. The molecule has 2 aromatic heterocycles. The Balaban J connectivity index is 1.85. The largest absolute Gasteiger partial charge is 0.394 e. The molecule has 1 atom stereocenters. The molecular weight excluding hydrogens is 394 g/mol. The van der Waals surface area contributed by atoms with Crippen molar-refractivity contribution < 1.29 is 5.11 Å². The van der Waals surface area contributed by atoms with Gasteiger partial charge in [0.15, 0.2) is 0 Å². The van der Waals surface area contributed by atoms with Gasteiger partial charge in [-0.05, 0) is 36.8 Å². The van der Waals surface area contributed by atoms with E-state index in [1.807, 2.05) is 49.4 Å². The van der Waals surface area contributed by atoms with E-state index in [9.17, 15) is 5.11 Å². The highest BCUT2D eigenvalue weighted by molar-refractivity contribution is 9.10. The second-order valence-corrected chi connectivity index (χ2v) is 6.83. The SMILES string of the molecule is C[C@@H](CO)Nc1nc(NCc2ccc(Br)cc2)cc(-c2cccnc2)n1. The third kappa shape index (κ3) is 5.00. The molecule has 0 unspecified atom stereocenters. The van der Waals surface area contributed by atoms with Crippen molar-refractivity contribution in [3.05, 3.63) is 64.9 Å². The highest BCUT2D eigenvalue weighted by atomic mass is 79.9. The van der Waals surface area contributed by atoms with Crippen molar-refractivity contribution in [1.29, 1.82) is 0 Å². The number of nitrogens with zero attached hydrogens (tertiary/aromatic N) is 3. The zero-order valence-electron chi connectivity index (χ0n) is 14.4. The highest BCUT2D eigenvalue weighted by Gasteiger charge is 2.09. The molecule has 6 nitrogen and oxygen atoms in total. The van der Waals surface area contributed by atoms with E-state index >= 15 is 0 Å². The molecular formula is C19H20BrN5O. The molecule has 0 fully saturated rings. The zero-order chi connectivity index (χ0) is 18.4. The number of benzene rings is 1. The summed E-state index contributed by atoms with van der Waals surface area (Å²) in [7, 11) is 0. The molecule has 0 saturated heterocycles. The summed E-state index contributed by atoms with van der Waals surface area (Å²) in [4.78, 5) is 13.2. The Morgan fingerprint density at radius 1 is 1.15 bits per heavy atom. The quantitative estimate of drug-likeness (QED) is 0.547. The fourth-order valence-electron chi connectivity index (χ4n) is 2.33. The van der Waals surface area contributed by atoms with Crippen LogP contribution in [0.25, 0.3) is 11.3 Å². The molecule has 0 radical (unpaired) electrons. The first-order chi connectivity index (χ1) is 12.6. The van der Waals surface area contributed by atoms with E-state index in [2.05, 4.69) is 41.5 Å². The van der Waals surface area contributed by atoms with Crippen molar-refractivity contribution in [2.45, 2.75) is 19.5 Å². The van der Waals surface area contributed by atoms with Crippen LogP contribution in [0.4, 0.5) is 11.8 Å². The first-order valence-corrected chi connectivity index (χ1v) is 9.08. The summed E-state index contributed by atoms with van der Waals surface area (Å²) in [6, 6.07) is 13.7. The minimum atomic E-state index is -0.140. The van der Waals surface area contributed by atoms with Gasteiger partial charge < -0.3 is 15.7 Å². The fraction of sp³-hybridized carbons (Fsp3) is 0.211. The lowest BCUT2D eigenvalue weighted by atomic mass is 10.2. The first kappa shape index (κ1) is 18.3. The maximum absolute atomic E-state index is 9.28. The van der Waals surface area contributed by atoms with Gasteiger partial charge in [0.05, 0.1) is 12.3 Å². The van der Waals surface area contributed by atoms with Crippen molar-refractivity contribution in [2.75, 3.05) is 17.2 Å². The summed E-state index contributed by atoms with van der Waals surface area (Å²) in [6.07, 6.45) is 3.49. The van der Waals surface area contributed by atoms with Gasteiger partial charge >= 0.3 is 0 Å². The summed E-state index contributed by atoms with van der Waals surface area (Å²) >= 11 is 3.44. The van der Waals surface area contributed by atoms with Crippen LogP contribution in [0.3, 0.4) is 0 Å². The number of aromatic nitrogens is 3. The molecule has 0 amide bonds. The first-order valence-electron chi connectivity index (χ1n) is 8.29. The Morgan fingerprint density at radius 3 is 2.65 bits per heavy atom. The van der Waals surface area contributed by atoms with E-state index < -0.39 is 0 Å². The van der Waals surface area contributed by atoms with Crippen molar-refractivity contribution in [1.82, 2.24) is 15.0 Å². The number of anilines is 2. The van der Waals surface area contributed by atoms with Gasteiger partial charge in [-0.1, -0.05) is 28.1 Å². The average Bonchev–Trinajstić information content (AvgIpc) is 2.68. The molecule has 0 spiro atoms. The standard InChI is InChI=1S/C19H20BrN5O/c1-13(12-26)23-19-24-17(15-3-2-8-21-11-15)9-18(25-19)22-10-14-4-6-16(20)7-5-14/h2-9,11,13,26H,10,12H2,1H3,(H2,22,23,24,25)/t13-/m0/s1. The predicted octanol–water partition coefficient (Wildman–Crippen LogP) is 3.71. The van der Waals surface area contributed by atoms with Gasteiger partial charge in [0.25, 0.3) is 0 Å². The second kappa shape index (κ2) is 8.73. The van der Waals surface area contributed by atoms with Crippen LogP contribution in [0.2, 0.25) is 0 Å². The van der Waals surface area contributed by atoms with Crippen molar-refractivity contribution in [2.24, 2.45) is 0 Å².